The second-order valence-corrected chi connectivity index (χ2v) is 5.89. The number of carbonyl (C=O) groups excluding carboxylic acids is 1. The van der Waals surface area contributed by atoms with Crippen LogP contribution in [-0.2, 0) is 4.74 Å². The van der Waals surface area contributed by atoms with E-state index in [0.29, 0.717) is 29.9 Å². The zero-order valence-corrected chi connectivity index (χ0v) is 16.2. The molecule has 0 aliphatic carbocycles. The fourth-order valence-electron chi connectivity index (χ4n) is 2.36. The lowest BCUT2D eigenvalue weighted by Crippen LogP contribution is -2.15. The Kier molecular flexibility index (Phi) is 7.33. The molecule has 7 nitrogen and oxygen atoms in total. The molecule has 28 heavy (non-hydrogen) atoms. The molecule has 0 aliphatic rings. The van der Waals surface area contributed by atoms with Crippen LogP contribution in [0.15, 0.2) is 36.7 Å². The van der Waals surface area contributed by atoms with E-state index in [-0.39, 0.29) is 28.8 Å². The van der Waals surface area contributed by atoms with Gasteiger partial charge in [-0.2, -0.15) is 0 Å². The van der Waals surface area contributed by atoms with Crippen molar-refractivity contribution in [3.8, 4) is 11.5 Å². The molecule has 0 atom stereocenters. The summed E-state index contributed by atoms with van der Waals surface area (Å²) in [5.74, 6) is -1.25. The standard InChI is InChI=1S/C18H15ClFN3O4.ClH/c1-26-4-5-27-10-2-3-11-15(6-10)21-9-22-17(11)23-18(25)12-7-16(24)13(19)8-14(12)20;/h2-3,6-9,24H,4-5H2,1H3,(H,21,22,23,25);1H. The lowest BCUT2D eigenvalue weighted by atomic mass is 10.1. The molecule has 2 aromatic carbocycles. The highest BCUT2D eigenvalue weighted by Gasteiger charge is 2.17. The first-order valence-electron chi connectivity index (χ1n) is 7.85. The number of hydrogen-bond acceptors (Lipinski definition) is 6. The highest BCUT2D eigenvalue weighted by molar-refractivity contribution is 6.32. The number of rotatable bonds is 6. The summed E-state index contributed by atoms with van der Waals surface area (Å²) in [7, 11) is 1.58. The predicted octanol–water partition coefficient (Wildman–Crippen LogP) is 3.83. The summed E-state index contributed by atoms with van der Waals surface area (Å²) >= 11 is 5.63. The van der Waals surface area contributed by atoms with Gasteiger partial charge in [-0.1, -0.05) is 11.6 Å². The second kappa shape index (κ2) is 9.50. The molecule has 1 heterocycles. The van der Waals surface area contributed by atoms with Crippen LogP contribution < -0.4 is 10.1 Å². The van der Waals surface area contributed by atoms with E-state index < -0.39 is 17.5 Å². The van der Waals surface area contributed by atoms with Crippen molar-refractivity contribution in [2.75, 3.05) is 25.6 Å². The van der Waals surface area contributed by atoms with E-state index in [0.717, 1.165) is 12.1 Å². The molecule has 3 aromatic rings. The van der Waals surface area contributed by atoms with Gasteiger partial charge in [-0.05, 0) is 24.3 Å². The summed E-state index contributed by atoms with van der Waals surface area (Å²) in [5.41, 5.74) is 0.179. The third-order valence-electron chi connectivity index (χ3n) is 3.68. The van der Waals surface area contributed by atoms with Crippen LogP contribution in [0.4, 0.5) is 10.2 Å². The van der Waals surface area contributed by atoms with Gasteiger partial charge in [0.05, 0.1) is 22.7 Å². The number of benzene rings is 2. The second-order valence-electron chi connectivity index (χ2n) is 5.48. The quantitative estimate of drug-likeness (QED) is 0.580. The SMILES string of the molecule is COCCOc1ccc2c(NC(=O)c3cc(O)c(Cl)cc3F)ncnc2c1.Cl. The molecule has 2 N–H and O–H groups in total. The average Bonchev–Trinajstić information content (AvgIpc) is 2.65. The summed E-state index contributed by atoms with van der Waals surface area (Å²) < 4.78 is 24.4. The number of phenols is 1. The summed E-state index contributed by atoms with van der Waals surface area (Å²) in [6, 6.07) is 6.90. The van der Waals surface area contributed by atoms with Crippen molar-refractivity contribution < 1.29 is 23.8 Å². The Morgan fingerprint density at radius 2 is 2.04 bits per heavy atom. The van der Waals surface area contributed by atoms with Gasteiger partial charge in [0.25, 0.3) is 5.91 Å². The molecule has 0 bridgehead atoms. The van der Waals surface area contributed by atoms with Gasteiger partial charge in [-0.25, -0.2) is 14.4 Å². The molecule has 0 saturated carbocycles. The highest BCUT2D eigenvalue weighted by Crippen LogP contribution is 2.28. The van der Waals surface area contributed by atoms with Gasteiger partial charge < -0.3 is 19.9 Å². The van der Waals surface area contributed by atoms with Gasteiger partial charge in [0.1, 0.15) is 36.1 Å². The molecular weight excluding hydrogens is 412 g/mol. The van der Waals surface area contributed by atoms with E-state index in [1.54, 1.807) is 25.3 Å². The lowest BCUT2D eigenvalue weighted by molar-refractivity contribution is 0.102. The monoisotopic (exact) mass is 427 g/mol. The Hall–Kier alpha value is -2.68. The Labute approximate surface area is 170 Å². The number of phenolic OH excluding ortho intramolecular Hbond substituents is 1. The molecule has 0 unspecified atom stereocenters. The molecule has 0 aliphatic heterocycles. The number of aromatic hydroxyl groups is 1. The zero-order valence-electron chi connectivity index (χ0n) is 14.6. The third kappa shape index (κ3) is 4.78. The number of carbonyl (C=O) groups is 1. The number of aromatic nitrogens is 2. The maximum atomic E-state index is 14.0. The van der Waals surface area contributed by atoms with Crippen LogP contribution >= 0.6 is 24.0 Å². The zero-order chi connectivity index (χ0) is 19.4. The number of nitrogens with zero attached hydrogens (tertiary/aromatic N) is 2. The number of anilines is 1. The molecule has 3 rings (SSSR count). The van der Waals surface area contributed by atoms with E-state index in [9.17, 15) is 14.3 Å². The minimum Gasteiger partial charge on any atom is -0.506 e. The van der Waals surface area contributed by atoms with Crippen molar-refractivity contribution >= 4 is 46.6 Å². The fourth-order valence-corrected chi connectivity index (χ4v) is 2.51. The largest absolute Gasteiger partial charge is 0.506 e. The Morgan fingerprint density at radius 1 is 1.25 bits per heavy atom. The minimum absolute atomic E-state index is 0. The van der Waals surface area contributed by atoms with E-state index in [2.05, 4.69) is 15.3 Å². The first kappa shape index (κ1) is 21.6. The van der Waals surface area contributed by atoms with Crippen LogP contribution in [0.3, 0.4) is 0 Å². The van der Waals surface area contributed by atoms with Crippen molar-refractivity contribution in [3.05, 3.63) is 53.1 Å². The fraction of sp³-hybridized carbons (Fsp3) is 0.167. The maximum Gasteiger partial charge on any atom is 0.259 e. The van der Waals surface area contributed by atoms with Gasteiger partial charge in [-0.3, -0.25) is 4.79 Å². The summed E-state index contributed by atoms with van der Waals surface area (Å²) in [5, 5.41) is 12.5. The molecule has 0 fully saturated rings. The van der Waals surface area contributed by atoms with E-state index in [1.165, 1.54) is 6.33 Å². The molecule has 1 amide bonds. The van der Waals surface area contributed by atoms with E-state index in [4.69, 9.17) is 21.1 Å². The molecule has 148 valence electrons. The Morgan fingerprint density at radius 3 is 2.79 bits per heavy atom. The summed E-state index contributed by atoms with van der Waals surface area (Å²) in [6.45, 7) is 0.832. The average molecular weight is 428 g/mol. The first-order chi connectivity index (χ1) is 13.0. The molecule has 10 heteroatoms. The van der Waals surface area contributed by atoms with Crippen molar-refractivity contribution in [2.24, 2.45) is 0 Å². The number of methoxy groups -OCH3 is 1. The topological polar surface area (TPSA) is 93.6 Å². The van der Waals surface area contributed by atoms with Crippen LogP contribution in [0.5, 0.6) is 11.5 Å². The Bertz CT molecular complexity index is 1000. The summed E-state index contributed by atoms with van der Waals surface area (Å²) in [4.78, 5) is 20.6. The van der Waals surface area contributed by atoms with Crippen LogP contribution in [-0.4, -0.2) is 41.3 Å². The van der Waals surface area contributed by atoms with Crippen molar-refractivity contribution in [1.82, 2.24) is 9.97 Å². The summed E-state index contributed by atoms with van der Waals surface area (Å²) in [6.07, 6.45) is 1.27. The number of halogens is 3. The first-order valence-corrected chi connectivity index (χ1v) is 8.23. The van der Waals surface area contributed by atoms with Gasteiger partial charge in [0.15, 0.2) is 0 Å². The van der Waals surface area contributed by atoms with Crippen LogP contribution in [0.1, 0.15) is 10.4 Å². The molecule has 0 saturated heterocycles. The number of hydrogen-bond donors (Lipinski definition) is 2. The number of ether oxygens (including phenoxy) is 2. The van der Waals surface area contributed by atoms with Crippen molar-refractivity contribution in [2.45, 2.75) is 0 Å². The van der Waals surface area contributed by atoms with Gasteiger partial charge >= 0.3 is 0 Å². The number of nitrogens with one attached hydrogen (secondary N) is 1. The minimum atomic E-state index is -0.859. The van der Waals surface area contributed by atoms with Crippen LogP contribution in [0.2, 0.25) is 5.02 Å². The smallest absolute Gasteiger partial charge is 0.259 e. The Balaban J connectivity index is 0.00000280. The van der Waals surface area contributed by atoms with Crippen LogP contribution in [0, 0.1) is 5.82 Å². The van der Waals surface area contributed by atoms with Crippen molar-refractivity contribution in [3.63, 3.8) is 0 Å². The third-order valence-corrected chi connectivity index (χ3v) is 3.98. The molecule has 0 spiro atoms. The molecular formula is C18H16Cl2FN3O4. The predicted molar refractivity (Wildman–Crippen MR) is 105 cm³/mol. The molecule has 1 aromatic heterocycles. The van der Waals surface area contributed by atoms with E-state index in [1.807, 2.05) is 0 Å². The van der Waals surface area contributed by atoms with Crippen molar-refractivity contribution in [1.29, 1.82) is 0 Å². The normalized spacial score (nSPS) is 10.4. The maximum absolute atomic E-state index is 14.0. The molecule has 0 radical (unpaired) electrons. The number of amides is 1. The van der Waals surface area contributed by atoms with Gasteiger partial charge in [0.2, 0.25) is 0 Å². The van der Waals surface area contributed by atoms with E-state index >= 15 is 0 Å². The highest BCUT2D eigenvalue weighted by atomic mass is 35.5. The van der Waals surface area contributed by atoms with Gasteiger partial charge in [0, 0.05) is 18.6 Å². The van der Waals surface area contributed by atoms with Crippen LogP contribution in [0.25, 0.3) is 10.9 Å². The lowest BCUT2D eigenvalue weighted by Gasteiger charge is -2.10. The van der Waals surface area contributed by atoms with Gasteiger partial charge in [-0.15, -0.1) is 12.4 Å². The number of fused-ring (bicyclic) bond motifs is 1.